The Balaban J connectivity index is 1.46. The summed E-state index contributed by atoms with van der Waals surface area (Å²) in [5.74, 6) is -0.0768. The Kier molecular flexibility index (Phi) is 5.20. The molecule has 4 heteroatoms. The lowest BCUT2D eigenvalue weighted by molar-refractivity contribution is -0.116. The van der Waals surface area contributed by atoms with Gasteiger partial charge in [0, 0.05) is 25.0 Å². The summed E-state index contributed by atoms with van der Waals surface area (Å²) in [6.07, 6.45) is 7.84. The van der Waals surface area contributed by atoms with E-state index in [0.717, 1.165) is 17.7 Å². The van der Waals surface area contributed by atoms with Gasteiger partial charge in [-0.15, -0.1) is 0 Å². The molecule has 0 aliphatic carbocycles. The van der Waals surface area contributed by atoms with E-state index in [1.165, 1.54) is 5.56 Å². The summed E-state index contributed by atoms with van der Waals surface area (Å²) in [5.41, 5.74) is 3.22. The fraction of sp³-hybridized carbons (Fsp3) is 0.100. The van der Waals surface area contributed by atoms with Crippen molar-refractivity contribution in [3.8, 4) is 5.69 Å². The zero-order valence-electron chi connectivity index (χ0n) is 13.3. The summed E-state index contributed by atoms with van der Waals surface area (Å²) in [5, 5.41) is 7.10. The number of nitrogens with zero attached hydrogens (tertiary/aromatic N) is 2. The Morgan fingerprint density at radius 2 is 1.83 bits per heavy atom. The molecule has 1 aromatic heterocycles. The first-order chi connectivity index (χ1) is 11.8. The van der Waals surface area contributed by atoms with Crippen LogP contribution >= 0.6 is 0 Å². The third kappa shape index (κ3) is 4.43. The van der Waals surface area contributed by atoms with Crippen molar-refractivity contribution < 1.29 is 4.79 Å². The number of amides is 1. The third-order valence-electron chi connectivity index (χ3n) is 3.64. The number of carbonyl (C=O) groups is 1. The van der Waals surface area contributed by atoms with Gasteiger partial charge in [-0.1, -0.05) is 42.5 Å². The van der Waals surface area contributed by atoms with E-state index in [1.54, 1.807) is 12.3 Å². The Hall–Kier alpha value is -3.14. The molecule has 0 aliphatic heterocycles. The van der Waals surface area contributed by atoms with Gasteiger partial charge in [0.2, 0.25) is 5.91 Å². The highest BCUT2D eigenvalue weighted by atomic mass is 16.1. The molecular weight excluding hydrogens is 298 g/mol. The van der Waals surface area contributed by atoms with Crippen molar-refractivity contribution in [3.63, 3.8) is 0 Å². The number of hydrogen-bond acceptors (Lipinski definition) is 2. The molecular formula is C20H19N3O. The normalized spacial score (nSPS) is 10.8. The van der Waals surface area contributed by atoms with Gasteiger partial charge in [0.05, 0.1) is 5.69 Å². The third-order valence-corrected chi connectivity index (χ3v) is 3.64. The van der Waals surface area contributed by atoms with Crippen LogP contribution in [0.4, 0.5) is 0 Å². The van der Waals surface area contributed by atoms with E-state index in [2.05, 4.69) is 22.5 Å². The average Bonchev–Trinajstić information content (AvgIpc) is 3.16. The number of hydrogen-bond donors (Lipinski definition) is 1. The van der Waals surface area contributed by atoms with Gasteiger partial charge in [0.15, 0.2) is 0 Å². The van der Waals surface area contributed by atoms with Crippen LogP contribution in [0.15, 0.2) is 79.1 Å². The van der Waals surface area contributed by atoms with Crippen LogP contribution in [0.25, 0.3) is 11.8 Å². The van der Waals surface area contributed by atoms with Crippen molar-refractivity contribution in [2.75, 3.05) is 6.54 Å². The van der Waals surface area contributed by atoms with E-state index in [4.69, 9.17) is 0 Å². The summed E-state index contributed by atoms with van der Waals surface area (Å²) >= 11 is 0. The minimum Gasteiger partial charge on any atom is -0.352 e. The van der Waals surface area contributed by atoms with Crippen LogP contribution < -0.4 is 5.32 Å². The number of benzene rings is 2. The fourth-order valence-electron chi connectivity index (χ4n) is 2.36. The highest BCUT2D eigenvalue weighted by Crippen LogP contribution is 2.08. The zero-order chi connectivity index (χ0) is 16.6. The predicted octanol–water partition coefficient (Wildman–Crippen LogP) is 3.24. The molecule has 1 N–H and O–H groups in total. The molecule has 24 heavy (non-hydrogen) atoms. The average molecular weight is 317 g/mol. The minimum absolute atomic E-state index is 0.0768. The van der Waals surface area contributed by atoms with Gasteiger partial charge in [-0.2, -0.15) is 5.10 Å². The van der Waals surface area contributed by atoms with Crippen molar-refractivity contribution in [2.24, 2.45) is 0 Å². The SMILES string of the molecule is O=C(/C=C/c1ccccc1)NCCc1ccc(-n2cccn2)cc1. The molecule has 4 nitrogen and oxygen atoms in total. The van der Waals surface area contributed by atoms with Crippen LogP contribution in [0, 0.1) is 0 Å². The van der Waals surface area contributed by atoms with Crippen LogP contribution in [-0.2, 0) is 11.2 Å². The molecule has 0 saturated carbocycles. The predicted molar refractivity (Wildman–Crippen MR) is 95.8 cm³/mol. The van der Waals surface area contributed by atoms with E-state index in [1.807, 2.05) is 65.5 Å². The first-order valence-corrected chi connectivity index (χ1v) is 7.91. The smallest absolute Gasteiger partial charge is 0.244 e. The summed E-state index contributed by atoms with van der Waals surface area (Å²) in [6.45, 7) is 0.610. The molecule has 0 radical (unpaired) electrons. The quantitative estimate of drug-likeness (QED) is 0.710. The second kappa shape index (κ2) is 7.92. The highest BCUT2D eigenvalue weighted by Gasteiger charge is 1.99. The second-order valence-electron chi connectivity index (χ2n) is 5.40. The second-order valence-corrected chi connectivity index (χ2v) is 5.40. The molecule has 0 unspecified atom stereocenters. The molecule has 0 saturated heterocycles. The molecule has 2 aromatic carbocycles. The lowest BCUT2D eigenvalue weighted by Gasteiger charge is -2.05. The largest absolute Gasteiger partial charge is 0.352 e. The van der Waals surface area contributed by atoms with Crippen molar-refractivity contribution in [3.05, 3.63) is 90.3 Å². The first kappa shape index (κ1) is 15.7. The molecule has 0 atom stereocenters. The summed E-state index contributed by atoms with van der Waals surface area (Å²) < 4.78 is 1.82. The van der Waals surface area contributed by atoms with Gasteiger partial charge < -0.3 is 5.32 Å². The zero-order valence-corrected chi connectivity index (χ0v) is 13.3. The Bertz CT molecular complexity index is 791. The molecule has 0 aliphatic rings. The van der Waals surface area contributed by atoms with Crippen LogP contribution in [0.3, 0.4) is 0 Å². The van der Waals surface area contributed by atoms with Crippen LogP contribution in [0.5, 0.6) is 0 Å². The fourth-order valence-corrected chi connectivity index (χ4v) is 2.36. The minimum atomic E-state index is -0.0768. The van der Waals surface area contributed by atoms with Gasteiger partial charge in [-0.25, -0.2) is 4.68 Å². The maximum atomic E-state index is 11.8. The first-order valence-electron chi connectivity index (χ1n) is 7.91. The van der Waals surface area contributed by atoms with E-state index in [0.29, 0.717) is 6.54 Å². The van der Waals surface area contributed by atoms with Crippen molar-refractivity contribution >= 4 is 12.0 Å². The standard InChI is InChI=1S/C20H19N3O/c24-20(12-9-17-5-2-1-3-6-17)21-15-13-18-7-10-19(11-8-18)23-16-4-14-22-23/h1-12,14,16H,13,15H2,(H,21,24)/b12-9+. The molecule has 1 amide bonds. The summed E-state index contributed by atoms with van der Waals surface area (Å²) in [6, 6.07) is 19.8. The van der Waals surface area contributed by atoms with Gasteiger partial charge in [-0.3, -0.25) is 4.79 Å². The maximum Gasteiger partial charge on any atom is 0.244 e. The topological polar surface area (TPSA) is 46.9 Å². The van der Waals surface area contributed by atoms with Gasteiger partial charge in [-0.05, 0) is 41.8 Å². The van der Waals surface area contributed by atoms with E-state index in [-0.39, 0.29) is 5.91 Å². The van der Waals surface area contributed by atoms with Gasteiger partial charge >= 0.3 is 0 Å². The number of nitrogens with one attached hydrogen (secondary N) is 1. The van der Waals surface area contributed by atoms with Gasteiger partial charge in [0.1, 0.15) is 0 Å². The molecule has 120 valence electrons. The van der Waals surface area contributed by atoms with Crippen LogP contribution in [0.2, 0.25) is 0 Å². The van der Waals surface area contributed by atoms with E-state index in [9.17, 15) is 4.79 Å². The number of carbonyl (C=O) groups excluding carboxylic acids is 1. The molecule has 3 aromatic rings. The van der Waals surface area contributed by atoms with Gasteiger partial charge in [0.25, 0.3) is 0 Å². The Morgan fingerprint density at radius 3 is 2.54 bits per heavy atom. The van der Waals surface area contributed by atoms with Crippen LogP contribution in [-0.4, -0.2) is 22.2 Å². The lowest BCUT2D eigenvalue weighted by Crippen LogP contribution is -2.23. The monoisotopic (exact) mass is 317 g/mol. The van der Waals surface area contributed by atoms with Crippen molar-refractivity contribution in [1.29, 1.82) is 0 Å². The number of aromatic nitrogens is 2. The van der Waals surface area contributed by atoms with E-state index < -0.39 is 0 Å². The van der Waals surface area contributed by atoms with Crippen LogP contribution in [0.1, 0.15) is 11.1 Å². The molecule has 0 bridgehead atoms. The van der Waals surface area contributed by atoms with Crippen molar-refractivity contribution in [1.82, 2.24) is 15.1 Å². The summed E-state index contributed by atoms with van der Waals surface area (Å²) in [7, 11) is 0. The Labute approximate surface area is 141 Å². The summed E-state index contributed by atoms with van der Waals surface area (Å²) in [4.78, 5) is 11.8. The molecule has 3 rings (SSSR count). The molecule has 0 fully saturated rings. The lowest BCUT2D eigenvalue weighted by atomic mass is 10.1. The Morgan fingerprint density at radius 1 is 1.04 bits per heavy atom. The highest BCUT2D eigenvalue weighted by molar-refractivity contribution is 5.91. The molecule has 0 spiro atoms. The number of rotatable bonds is 6. The van der Waals surface area contributed by atoms with Crippen molar-refractivity contribution in [2.45, 2.75) is 6.42 Å². The van der Waals surface area contributed by atoms with E-state index >= 15 is 0 Å². The molecule has 1 heterocycles. The maximum absolute atomic E-state index is 11.8.